The number of carbonyl (C=O) groups excluding carboxylic acids is 2. The Labute approximate surface area is 117 Å². The monoisotopic (exact) mass is 275 g/mol. The van der Waals surface area contributed by atoms with Gasteiger partial charge >= 0.3 is 0 Å². The summed E-state index contributed by atoms with van der Waals surface area (Å²) in [6.45, 7) is 3.02. The Balaban J connectivity index is 1.49. The zero-order valence-electron chi connectivity index (χ0n) is 11.3. The number of aromatic nitrogens is 1. The fraction of sp³-hybridized carbons (Fsp3) is 0.500. The van der Waals surface area contributed by atoms with Gasteiger partial charge in [-0.15, -0.1) is 0 Å². The van der Waals surface area contributed by atoms with Crippen molar-refractivity contribution in [2.75, 3.05) is 13.1 Å². The number of amides is 2. The molecular weight excluding hydrogens is 258 g/mol. The van der Waals surface area contributed by atoms with Crippen molar-refractivity contribution in [2.24, 2.45) is 0 Å². The van der Waals surface area contributed by atoms with Gasteiger partial charge in [-0.3, -0.25) is 9.59 Å². The van der Waals surface area contributed by atoms with E-state index in [4.69, 9.17) is 4.74 Å². The molecule has 1 atom stereocenters. The zero-order chi connectivity index (χ0) is 14.1. The highest BCUT2D eigenvalue weighted by molar-refractivity contribution is 5.91. The van der Waals surface area contributed by atoms with Crippen LogP contribution in [0.5, 0.6) is 5.88 Å². The van der Waals surface area contributed by atoms with Crippen molar-refractivity contribution in [3.8, 4) is 5.88 Å². The first-order valence-corrected chi connectivity index (χ1v) is 6.80. The molecule has 3 heterocycles. The van der Waals surface area contributed by atoms with Crippen molar-refractivity contribution < 1.29 is 14.3 Å². The van der Waals surface area contributed by atoms with E-state index in [9.17, 15) is 9.59 Å². The molecule has 6 heteroatoms. The molecule has 0 spiro atoms. The Hall–Kier alpha value is -2.11. The quantitative estimate of drug-likeness (QED) is 0.859. The molecule has 0 radical (unpaired) electrons. The molecule has 2 amide bonds. The van der Waals surface area contributed by atoms with E-state index in [2.05, 4.69) is 10.3 Å². The molecule has 20 heavy (non-hydrogen) atoms. The lowest BCUT2D eigenvalue weighted by Gasteiger charge is -2.39. The molecule has 0 aliphatic carbocycles. The topological polar surface area (TPSA) is 71.5 Å². The van der Waals surface area contributed by atoms with E-state index in [-0.39, 0.29) is 24.0 Å². The van der Waals surface area contributed by atoms with Gasteiger partial charge in [0, 0.05) is 18.2 Å². The predicted octanol–water partition coefficient (Wildman–Crippen LogP) is 0.258. The van der Waals surface area contributed by atoms with Gasteiger partial charge in [0.1, 0.15) is 12.1 Å². The van der Waals surface area contributed by atoms with Crippen LogP contribution in [0.25, 0.3) is 0 Å². The van der Waals surface area contributed by atoms with E-state index in [0.717, 1.165) is 5.69 Å². The van der Waals surface area contributed by atoms with Crippen LogP contribution in [-0.2, 0) is 9.59 Å². The van der Waals surface area contributed by atoms with Gasteiger partial charge in [0.15, 0.2) is 0 Å². The highest BCUT2D eigenvalue weighted by Crippen LogP contribution is 2.19. The summed E-state index contributed by atoms with van der Waals surface area (Å²) in [7, 11) is 0. The lowest BCUT2D eigenvalue weighted by Crippen LogP contribution is -2.59. The molecule has 3 rings (SSSR count). The first kappa shape index (κ1) is 12.9. The van der Waals surface area contributed by atoms with E-state index in [1.165, 1.54) is 0 Å². The second kappa shape index (κ2) is 5.11. The van der Waals surface area contributed by atoms with Gasteiger partial charge in [0.25, 0.3) is 0 Å². The van der Waals surface area contributed by atoms with Gasteiger partial charge in [-0.05, 0) is 19.4 Å². The van der Waals surface area contributed by atoms with Gasteiger partial charge in [-0.2, -0.15) is 0 Å². The molecule has 2 aliphatic rings. The number of pyridine rings is 1. The van der Waals surface area contributed by atoms with E-state index in [1.54, 1.807) is 4.90 Å². The number of nitrogens with zero attached hydrogens (tertiary/aromatic N) is 2. The maximum Gasteiger partial charge on any atom is 0.245 e. The molecule has 1 aromatic rings. The summed E-state index contributed by atoms with van der Waals surface area (Å²) in [5.74, 6) is 0.546. The van der Waals surface area contributed by atoms with E-state index in [1.807, 2.05) is 25.1 Å². The van der Waals surface area contributed by atoms with Crippen LogP contribution in [0.3, 0.4) is 0 Å². The molecule has 0 saturated carbocycles. The van der Waals surface area contributed by atoms with Crippen LogP contribution in [0, 0.1) is 6.92 Å². The highest BCUT2D eigenvalue weighted by atomic mass is 16.5. The van der Waals surface area contributed by atoms with Crippen molar-refractivity contribution in [1.82, 2.24) is 15.2 Å². The Bertz CT molecular complexity index is 540. The fourth-order valence-corrected chi connectivity index (χ4v) is 2.47. The molecule has 1 N–H and O–H groups in total. The number of carbonyl (C=O) groups is 2. The molecule has 0 bridgehead atoms. The van der Waals surface area contributed by atoms with Crippen LogP contribution in [0.15, 0.2) is 18.2 Å². The zero-order valence-corrected chi connectivity index (χ0v) is 11.3. The lowest BCUT2D eigenvalue weighted by atomic mass is 10.1. The maximum atomic E-state index is 12.1. The molecule has 0 aromatic carbocycles. The summed E-state index contributed by atoms with van der Waals surface area (Å²) in [6.07, 6.45) is 1.03. The third kappa shape index (κ3) is 2.59. The average molecular weight is 275 g/mol. The maximum absolute atomic E-state index is 12.1. The number of likely N-dealkylation sites (tertiary alicyclic amines) is 1. The minimum Gasteiger partial charge on any atom is -0.471 e. The van der Waals surface area contributed by atoms with Gasteiger partial charge in [0.2, 0.25) is 17.7 Å². The number of aryl methyl sites for hydroxylation is 1. The van der Waals surface area contributed by atoms with Gasteiger partial charge in [-0.1, -0.05) is 6.07 Å². The largest absolute Gasteiger partial charge is 0.471 e. The van der Waals surface area contributed by atoms with E-state index < -0.39 is 0 Å². The minimum atomic E-state index is -0.347. The first-order valence-electron chi connectivity index (χ1n) is 6.80. The van der Waals surface area contributed by atoms with Crippen molar-refractivity contribution >= 4 is 11.8 Å². The van der Waals surface area contributed by atoms with E-state index in [0.29, 0.717) is 31.8 Å². The predicted molar refractivity (Wildman–Crippen MR) is 71.1 cm³/mol. The standard InChI is InChI=1S/C14H17N3O3/c1-9-3-2-4-13(15-9)20-10-7-17(8-10)14(19)11-5-6-12(18)16-11/h2-4,10-11H,5-8H2,1H3,(H,16,18). The third-order valence-corrected chi connectivity index (χ3v) is 3.60. The van der Waals surface area contributed by atoms with Gasteiger partial charge in [0.05, 0.1) is 13.1 Å². The summed E-state index contributed by atoms with van der Waals surface area (Å²) in [5.41, 5.74) is 0.906. The average Bonchev–Trinajstić information content (AvgIpc) is 2.79. The summed E-state index contributed by atoms with van der Waals surface area (Å²) in [6, 6.07) is 5.27. The van der Waals surface area contributed by atoms with Gasteiger partial charge in [-0.25, -0.2) is 4.98 Å². The first-order chi connectivity index (χ1) is 9.61. The van der Waals surface area contributed by atoms with Crippen molar-refractivity contribution in [3.05, 3.63) is 23.9 Å². The fourth-order valence-electron chi connectivity index (χ4n) is 2.47. The second-order valence-electron chi connectivity index (χ2n) is 5.26. The lowest BCUT2D eigenvalue weighted by molar-refractivity contribution is -0.142. The molecular formula is C14H17N3O3. The Kier molecular flexibility index (Phi) is 3.30. The number of nitrogens with one attached hydrogen (secondary N) is 1. The van der Waals surface area contributed by atoms with Crippen LogP contribution < -0.4 is 10.1 Å². The normalized spacial score (nSPS) is 22.4. The molecule has 106 valence electrons. The molecule has 2 saturated heterocycles. The SMILES string of the molecule is Cc1cccc(OC2CN(C(=O)C3CCC(=O)N3)C2)n1. The third-order valence-electron chi connectivity index (χ3n) is 3.60. The number of rotatable bonds is 3. The summed E-state index contributed by atoms with van der Waals surface area (Å²) < 4.78 is 5.70. The highest BCUT2D eigenvalue weighted by Gasteiger charge is 2.38. The van der Waals surface area contributed by atoms with Crippen LogP contribution in [0.1, 0.15) is 18.5 Å². The van der Waals surface area contributed by atoms with Crippen LogP contribution in [0.4, 0.5) is 0 Å². The van der Waals surface area contributed by atoms with Crippen LogP contribution in [0.2, 0.25) is 0 Å². The van der Waals surface area contributed by atoms with Crippen LogP contribution >= 0.6 is 0 Å². The Morgan fingerprint density at radius 1 is 1.45 bits per heavy atom. The van der Waals surface area contributed by atoms with Crippen molar-refractivity contribution in [3.63, 3.8) is 0 Å². The Morgan fingerprint density at radius 3 is 2.90 bits per heavy atom. The molecule has 1 aromatic heterocycles. The molecule has 2 fully saturated rings. The van der Waals surface area contributed by atoms with Crippen LogP contribution in [-0.4, -0.2) is 46.9 Å². The second-order valence-corrected chi connectivity index (χ2v) is 5.26. The number of ether oxygens (including phenoxy) is 1. The molecule has 6 nitrogen and oxygen atoms in total. The Morgan fingerprint density at radius 2 is 2.25 bits per heavy atom. The number of hydrogen-bond donors (Lipinski definition) is 1. The van der Waals surface area contributed by atoms with Gasteiger partial charge < -0.3 is 15.0 Å². The molecule has 2 aliphatic heterocycles. The number of hydrogen-bond acceptors (Lipinski definition) is 4. The summed E-state index contributed by atoms with van der Waals surface area (Å²) >= 11 is 0. The van der Waals surface area contributed by atoms with Crippen molar-refractivity contribution in [2.45, 2.75) is 31.9 Å². The smallest absolute Gasteiger partial charge is 0.245 e. The molecule has 1 unspecified atom stereocenters. The minimum absolute atomic E-state index is 0.00657. The summed E-state index contributed by atoms with van der Waals surface area (Å²) in [4.78, 5) is 29.2. The van der Waals surface area contributed by atoms with Crippen molar-refractivity contribution in [1.29, 1.82) is 0 Å². The summed E-state index contributed by atoms with van der Waals surface area (Å²) in [5, 5.41) is 2.69. The van der Waals surface area contributed by atoms with E-state index >= 15 is 0 Å².